The van der Waals surface area contributed by atoms with Gasteiger partial charge in [0.05, 0.1) is 18.5 Å². The predicted octanol–water partition coefficient (Wildman–Crippen LogP) is 2.50. The maximum atomic E-state index is 12.9. The third kappa shape index (κ3) is 2.35. The molecule has 1 aromatic heterocycles. The summed E-state index contributed by atoms with van der Waals surface area (Å²) in [6, 6.07) is 1.65. The summed E-state index contributed by atoms with van der Waals surface area (Å²) in [5.41, 5.74) is -0.159. The lowest BCUT2D eigenvalue weighted by Crippen LogP contribution is -2.16. The van der Waals surface area contributed by atoms with Crippen LogP contribution in [0.3, 0.4) is 0 Å². The minimum absolute atomic E-state index is 0.0741. The normalized spacial score (nSPS) is 13.1. The fraction of sp³-hybridized carbons (Fsp3) is 0.700. The van der Waals surface area contributed by atoms with Gasteiger partial charge in [-0.2, -0.15) is 5.26 Å². The van der Waals surface area contributed by atoms with Crippen LogP contribution < -0.4 is 0 Å². The van der Waals surface area contributed by atoms with Gasteiger partial charge in [0, 0.05) is 0 Å². The van der Waals surface area contributed by atoms with Gasteiger partial charge in [0.2, 0.25) is 0 Å². The molecular formula is C10H14F2N4. The van der Waals surface area contributed by atoms with E-state index in [0.717, 1.165) is 0 Å². The molecule has 88 valence electrons. The summed E-state index contributed by atoms with van der Waals surface area (Å²) in [4.78, 5) is 0. The van der Waals surface area contributed by atoms with E-state index in [1.807, 2.05) is 19.9 Å². The predicted molar refractivity (Wildman–Crippen MR) is 53.8 cm³/mol. The van der Waals surface area contributed by atoms with Crippen molar-refractivity contribution >= 4 is 0 Å². The zero-order chi connectivity index (χ0) is 12.3. The summed E-state index contributed by atoms with van der Waals surface area (Å²) in [7, 11) is 0. The molecule has 1 aromatic rings. The topological polar surface area (TPSA) is 54.5 Å². The molecule has 0 spiro atoms. The molecule has 0 fully saturated rings. The highest BCUT2D eigenvalue weighted by Gasteiger charge is 2.25. The second kappa shape index (κ2) is 5.01. The van der Waals surface area contributed by atoms with Gasteiger partial charge in [0.15, 0.2) is 0 Å². The number of hydrogen-bond donors (Lipinski definition) is 0. The van der Waals surface area contributed by atoms with Gasteiger partial charge in [-0.15, -0.1) is 5.10 Å². The van der Waals surface area contributed by atoms with Gasteiger partial charge in [-0.1, -0.05) is 19.1 Å². The minimum Gasteiger partial charge on any atom is -0.240 e. The fourth-order valence-corrected chi connectivity index (χ4v) is 1.34. The van der Waals surface area contributed by atoms with Gasteiger partial charge < -0.3 is 0 Å². The number of hydrogen-bond acceptors (Lipinski definition) is 3. The molecule has 0 N–H and O–H groups in total. The van der Waals surface area contributed by atoms with Crippen molar-refractivity contribution in [2.75, 3.05) is 0 Å². The van der Waals surface area contributed by atoms with Gasteiger partial charge in [-0.3, -0.25) is 0 Å². The highest BCUT2D eigenvalue weighted by Crippen LogP contribution is 2.27. The van der Waals surface area contributed by atoms with Crippen LogP contribution in [0.5, 0.6) is 0 Å². The van der Waals surface area contributed by atoms with Gasteiger partial charge in [-0.05, 0) is 12.8 Å². The molecule has 16 heavy (non-hydrogen) atoms. The molecule has 1 atom stereocenters. The van der Waals surface area contributed by atoms with Crippen LogP contribution in [-0.4, -0.2) is 15.0 Å². The zero-order valence-electron chi connectivity index (χ0n) is 9.48. The lowest BCUT2D eigenvalue weighted by atomic mass is 10.1. The van der Waals surface area contributed by atoms with E-state index in [0.29, 0.717) is 0 Å². The lowest BCUT2D eigenvalue weighted by molar-refractivity contribution is 0.132. The highest BCUT2D eigenvalue weighted by molar-refractivity contribution is 5.16. The van der Waals surface area contributed by atoms with E-state index in [4.69, 9.17) is 5.26 Å². The van der Waals surface area contributed by atoms with E-state index in [2.05, 4.69) is 10.3 Å². The third-order valence-electron chi connectivity index (χ3n) is 2.61. The SMILES string of the molecule is CC(C)C(C)n1nnc(CC#N)c1C(F)F. The maximum absolute atomic E-state index is 12.9. The molecule has 0 aliphatic heterocycles. The van der Waals surface area contributed by atoms with Crippen molar-refractivity contribution in [3.8, 4) is 6.07 Å². The summed E-state index contributed by atoms with van der Waals surface area (Å²) in [5, 5.41) is 15.9. The van der Waals surface area contributed by atoms with E-state index in [1.54, 1.807) is 6.92 Å². The Hall–Kier alpha value is -1.51. The Morgan fingerprint density at radius 3 is 2.44 bits per heavy atom. The van der Waals surface area contributed by atoms with Crippen molar-refractivity contribution in [2.45, 2.75) is 39.7 Å². The average molecular weight is 228 g/mol. The summed E-state index contributed by atoms with van der Waals surface area (Å²) in [6.45, 7) is 5.65. The minimum atomic E-state index is -2.65. The Morgan fingerprint density at radius 1 is 1.38 bits per heavy atom. The van der Waals surface area contributed by atoms with E-state index < -0.39 is 6.43 Å². The van der Waals surface area contributed by atoms with E-state index in [1.165, 1.54) is 4.68 Å². The van der Waals surface area contributed by atoms with Crippen molar-refractivity contribution in [1.82, 2.24) is 15.0 Å². The van der Waals surface area contributed by atoms with Crippen LogP contribution in [0.15, 0.2) is 0 Å². The standard InChI is InChI=1S/C10H14F2N4/c1-6(2)7(3)16-9(10(11)12)8(4-5-13)14-15-16/h6-7,10H,4H2,1-3H3. The summed E-state index contributed by atoms with van der Waals surface area (Å²) in [5.74, 6) is 0.175. The molecule has 1 unspecified atom stereocenters. The number of alkyl halides is 2. The molecule has 0 radical (unpaired) electrons. The van der Waals surface area contributed by atoms with Crippen molar-refractivity contribution in [3.05, 3.63) is 11.4 Å². The Bertz CT molecular complexity index is 392. The molecule has 0 saturated carbocycles. The van der Waals surface area contributed by atoms with Crippen LogP contribution in [0.2, 0.25) is 0 Å². The highest BCUT2D eigenvalue weighted by atomic mass is 19.3. The summed E-state index contributed by atoms with van der Waals surface area (Å²) < 4.78 is 26.9. The quantitative estimate of drug-likeness (QED) is 0.795. The van der Waals surface area contributed by atoms with Gasteiger partial charge in [0.25, 0.3) is 6.43 Å². The van der Waals surface area contributed by atoms with Gasteiger partial charge in [0.1, 0.15) is 11.4 Å². The molecule has 6 heteroatoms. The third-order valence-corrected chi connectivity index (χ3v) is 2.61. The molecule has 0 amide bonds. The second-order valence-corrected chi connectivity index (χ2v) is 3.99. The van der Waals surface area contributed by atoms with Crippen molar-refractivity contribution < 1.29 is 8.78 Å². The van der Waals surface area contributed by atoms with E-state index in [9.17, 15) is 8.78 Å². The van der Waals surface area contributed by atoms with Crippen LogP contribution in [-0.2, 0) is 6.42 Å². The Labute approximate surface area is 92.9 Å². The van der Waals surface area contributed by atoms with Crippen LogP contribution in [0, 0.1) is 17.2 Å². The van der Waals surface area contributed by atoms with Crippen molar-refractivity contribution in [2.24, 2.45) is 5.92 Å². The number of halogens is 2. The number of nitrogens with zero attached hydrogens (tertiary/aromatic N) is 4. The van der Waals surface area contributed by atoms with Crippen LogP contribution in [0.25, 0.3) is 0 Å². The number of aromatic nitrogens is 3. The molecule has 0 aliphatic carbocycles. The first kappa shape index (κ1) is 12.6. The van der Waals surface area contributed by atoms with Crippen molar-refractivity contribution in [3.63, 3.8) is 0 Å². The average Bonchev–Trinajstić information content (AvgIpc) is 2.60. The molecule has 0 aliphatic rings. The van der Waals surface area contributed by atoms with Crippen LogP contribution in [0.4, 0.5) is 8.78 Å². The Kier molecular flexibility index (Phi) is 3.93. The first-order valence-corrected chi connectivity index (χ1v) is 5.08. The Morgan fingerprint density at radius 2 is 2.00 bits per heavy atom. The lowest BCUT2D eigenvalue weighted by Gasteiger charge is -2.17. The smallest absolute Gasteiger partial charge is 0.240 e. The Balaban J connectivity index is 3.15. The van der Waals surface area contributed by atoms with Crippen LogP contribution in [0.1, 0.15) is 44.6 Å². The van der Waals surface area contributed by atoms with Gasteiger partial charge >= 0.3 is 0 Å². The fourth-order valence-electron chi connectivity index (χ4n) is 1.34. The first-order chi connectivity index (χ1) is 7.49. The summed E-state index contributed by atoms with van der Waals surface area (Å²) in [6.07, 6.45) is -2.79. The maximum Gasteiger partial charge on any atom is 0.281 e. The molecule has 0 aromatic carbocycles. The first-order valence-electron chi connectivity index (χ1n) is 5.08. The van der Waals surface area contributed by atoms with Crippen LogP contribution >= 0.6 is 0 Å². The molecule has 0 bridgehead atoms. The molecule has 0 saturated heterocycles. The molecule has 1 heterocycles. The second-order valence-electron chi connectivity index (χ2n) is 3.99. The number of nitriles is 1. The molecular weight excluding hydrogens is 214 g/mol. The number of rotatable bonds is 4. The summed E-state index contributed by atoms with van der Waals surface area (Å²) >= 11 is 0. The largest absolute Gasteiger partial charge is 0.281 e. The monoisotopic (exact) mass is 228 g/mol. The molecule has 1 rings (SSSR count). The van der Waals surface area contributed by atoms with Crippen molar-refractivity contribution in [1.29, 1.82) is 5.26 Å². The zero-order valence-corrected chi connectivity index (χ0v) is 9.48. The van der Waals surface area contributed by atoms with E-state index >= 15 is 0 Å². The van der Waals surface area contributed by atoms with Gasteiger partial charge in [-0.25, -0.2) is 13.5 Å². The van der Waals surface area contributed by atoms with E-state index in [-0.39, 0.29) is 29.8 Å². The molecule has 4 nitrogen and oxygen atoms in total.